The minimum Gasteiger partial charge on any atom is -0.321 e. The molecule has 0 unspecified atom stereocenters. The molecule has 112 valence electrons. The highest BCUT2D eigenvalue weighted by Crippen LogP contribution is 2.26. The van der Waals surface area contributed by atoms with Gasteiger partial charge in [0.1, 0.15) is 4.88 Å². The molecule has 0 aliphatic carbocycles. The van der Waals surface area contributed by atoms with Gasteiger partial charge in [0.15, 0.2) is 0 Å². The lowest BCUT2D eigenvalue weighted by molar-refractivity contribution is 0.102. The lowest BCUT2D eigenvalue weighted by atomic mass is 9.91. The van der Waals surface area contributed by atoms with E-state index < -0.39 is 0 Å². The molecule has 1 aromatic carbocycles. The summed E-state index contributed by atoms with van der Waals surface area (Å²) >= 11 is 4.55. The quantitative estimate of drug-likeness (QED) is 0.830. The molecule has 2 aromatic rings. The molecule has 0 aliphatic heterocycles. The number of rotatable bonds is 4. The minimum atomic E-state index is -0.195. The van der Waals surface area contributed by atoms with Crippen LogP contribution in [0.3, 0.4) is 0 Å². The molecule has 0 aliphatic rings. The van der Waals surface area contributed by atoms with Gasteiger partial charge in [-0.2, -0.15) is 0 Å². The molecule has 0 radical (unpaired) electrons. The smallest absolute Gasteiger partial charge is 0.269 e. The number of hydrogen-bond acceptors (Lipinski definition) is 4. The Hall–Kier alpha value is -1.27. The fraction of sp³-hybridized carbons (Fsp3) is 0.400. The van der Waals surface area contributed by atoms with Crippen LogP contribution >= 0.6 is 27.5 Å². The molecule has 4 nitrogen and oxygen atoms in total. The first-order chi connectivity index (χ1) is 9.91. The second kappa shape index (κ2) is 6.66. The first-order valence-corrected chi connectivity index (χ1v) is 8.60. The summed E-state index contributed by atoms with van der Waals surface area (Å²) in [5, 5.41) is 7.93. The van der Waals surface area contributed by atoms with Gasteiger partial charge in [-0.25, -0.2) is 0 Å². The van der Waals surface area contributed by atoms with E-state index in [0.29, 0.717) is 4.88 Å². The molecule has 1 heterocycles. The Balaban J connectivity index is 2.13. The Morgan fingerprint density at radius 1 is 1.29 bits per heavy atom. The third-order valence-electron chi connectivity index (χ3n) is 3.00. The standard InChI is InChI=1S/C15H18BrN3OS/c1-15(2,3)13-12(21-19-18-13)14(20)17-11-6-4-10(5-7-11)8-9-16/h4-7H,8-9H2,1-3H3,(H,17,20). The Morgan fingerprint density at radius 3 is 2.52 bits per heavy atom. The van der Waals surface area contributed by atoms with Gasteiger partial charge in [0.25, 0.3) is 5.91 Å². The average Bonchev–Trinajstić information content (AvgIpc) is 2.90. The molecule has 0 atom stereocenters. The van der Waals surface area contributed by atoms with Crippen LogP contribution in [0.1, 0.15) is 41.7 Å². The van der Waals surface area contributed by atoms with E-state index in [4.69, 9.17) is 0 Å². The Morgan fingerprint density at radius 2 is 1.95 bits per heavy atom. The third-order valence-corrected chi connectivity index (χ3v) is 4.12. The van der Waals surface area contributed by atoms with E-state index in [-0.39, 0.29) is 11.3 Å². The van der Waals surface area contributed by atoms with Crippen molar-refractivity contribution >= 4 is 39.1 Å². The summed E-state index contributed by atoms with van der Waals surface area (Å²) in [6.07, 6.45) is 0.973. The van der Waals surface area contributed by atoms with Crippen LogP contribution in [0.5, 0.6) is 0 Å². The average molecular weight is 368 g/mol. The topological polar surface area (TPSA) is 54.9 Å². The lowest BCUT2D eigenvalue weighted by Crippen LogP contribution is -2.19. The molecule has 1 N–H and O–H groups in total. The van der Waals surface area contributed by atoms with E-state index >= 15 is 0 Å². The molecule has 1 amide bonds. The summed E-state index contributed by atoms with van der Waals surface area (Å²) in [6, 6.07) is 7.88. The minimum absolute atomic E-state index is 0.150. The zero-order chi connectivity index (χ0) is 15.5. The van der Waals surface area contributed by atoms with Crippen molar-refractivity contribution in [2.75, 3.05) is 10.6 Å². The van der Waals surface area contributed by atoms with Crippen molar-refractivity contribution in [2.45, 2.75) is 32.6 Å². The molecular formula is C15H18BrN3OS. The monoisotopic (exact) mass is 367 g/mol. The number of nitrogens with zero attached hydrogens (tertiary/aromatic N) is 2. The van der Waals surface area contributed by atoms with Crippen molar-refractivity contribution in [1.82, 2.24) is 9.59 Å². The zero-order valence-corrected chi connectivity index (χ0v) is 14.7. The number of anilines is 1. The molecule has 0 saturated carbocycles. The number of aromatic nitrogens is 2. The molecular weight excluding hydrogens is 350 g/mol. The summed E-state index contributed by atoms with van der Waals surface area (Å²) < 4.78 is 3.92. The highest BCUT2D eigenvalue weighted by Gasteiger charge is 2.26. The summed E-state index contributed by atoms with van der Waals surface area (Å²) in [5.74, 6) is -0.150. The lowest BCUT2D eigenvalue weighted by Gasteiger charge is -2.16. The number of halogens is 1. The van der Waals surface area contributed by atoms with Gasteiger partial charge in [0.2, 0.25) is 0 Å². The number of aryl methyl sites for hydroxylation is 1. The largest absolute Gasteiger partial charge is 0.321 e. The number of carbonyl (C=O) groups is 1. The SMILES string of the molecule is CC(C)(C)c1nnsc1C(=O)Nc1ccc(CCBr)cc1. The highest BCUT2D eigenvalue weighted by molar-refractivity contribution is 9.09. The number of nitrogens with one attached hydrogen (secondary N) is 1. The van der Waals surface area contributed by atoms with E-state index in [1.165, 1.54) is 5.56 Å². The van der Waals surface area contributed by atoms with Crippen molar-refractivity contribution in [3.8, 4) is 0 Å². The molecule has 0 spiro atoms. The van der Waals surface area contributed by atoms with Gasteiger partial charge in [0, 0.05) is 16.4 Å². The summed E-state index contributed by atoms with van der Waals surface area (Å²) in [7, 11) is 0. The molecule has 0 saturated heterocycles. The second-order valence-corrected chi connectivity index (χ2v) is 7.34. The maximum absolute atomic E-state index is 12.4. The van der Waals surface area contributed by atoms with Crippen molar-refractivity contribution in [2.24, 2.45) is 0 Å². The number of hydrogen-bond donors (Lipinski definition) is 1. The van der Waals surface area contributed by atoms with E-state index in [9.17, 15) is 4.79 Å². The van der Waals surface area contributed by atoms with Crippen molar-refractivity contribution in [1.29, 1.82) is 0 Å². The first kappa shape index (κ1) is 16.1. The Labute approximate surface area is 137 Å². The molecule has 0 bridgehead atoms. The van der Waals surface area contributed by atoms with E-state index in [1.807, 2.05) is 45.0 Å². The van der Waals surface area contributed by atoms with Gasteiger partial charge in [-0.1, -0.05) is 53.3 Å². The van der Waals surface area contributed by atoms with E-state index in [1.54, 1.807) is 0 Å². The predicted octanol–water partition coefficient (Wildman–Crippen LogP) is 4.03. The van der Waals surface area contributed by atoms with Gasteiger partial charge in [-0.05, 0) is 35.6 Å². The van der Waals surface area contributed by atoms with E-state index in [0.717, 1.165) is 34.7 Å². The van der Waals surface area contributed by atoms with Gasteiger partial charge >= 0.3 is 0 Å². The molecule has 6 heteroatoms. The van der Waals surface area contributed by atoms with Gasteiger partial charge in [-0.15, -0.1) is 5.10 Å². The number of alkyl halides is 1. The van der Waals surface area contributed by atoms with Crippen LogP contribution in [0.25, 0.3) is 0 Å². The second-order valence-electron chi connectivity index (χ2n) is 5.79. The zero-order valence-electron chi connectivity index (χ0n) is 12.3. The van der Waals surface area contributed by atoms with E-state index in [2.05, 4.69) is 30.8 Å². The van der Waals surface area contributed by atoms with Gasteiger partial charge in [0.05, 0.1) is 5.69 Å². The predicted molar refractivity (Wildman–Crippen MR) is 90.5 cm³/mol. The maximum atomic E-state index is 12.4. The van der Waals surface area contributed by atoms with Gasteiger partial charge in [-0.3, -0.25) is 4.79 Å². The highest BCUT2D eigenvalue weighted by atomic mass is 79.9. The van der Waals surface area contributed by atoms with Crippen LogP contribution in [0.15, 0.2) is 24.3 Å². The molecule has 2 rings (SSSR count). The van der Waals surface area contributed by atoms with Crippen molar-refractivity contribution in [3.05, 3.63) is 40.4 Å². The summed E-state index contributed by atoms with van der Waals surface area (Å²) in [5.41, 5.74) is 2.56. The third kappa shape index (κ3) is 4.11. The number of amides is 1. The summed E-state index contributed by atoms with van der Waals surface area (Å²) in [6.45, 7) is 6.07. The number of carbonyl (C=O) groups excluding carboxylic acids is 1. The maximum Gasteiger partial charge on any atom is 0.269 e. The molecule has 1 aromatic heterocycles. The van der Waals surface area contributed by atoms with Crippen molar-refractivity contribution in [3.63, 3.8) is 0 Å². The van der Waals surface area contributed by atoms with Crippen LogP contribution in [0.4, 0.5) is 5.69 Å². The molecule has 0 fully saturated rings. The van der Waals surface area contributed by atoms with Crippen molar-refractivity contribution < 1.29 is 4.79 Å². The summed E-state index contributed by atoms with van der Waals surface area (Å²) in [4.78, 5) is 12.9. The fourth-order valence-electron chi connectivity index (χ4n) is 1.88. The van der Waals surface area contributed by atoms with Crippen LogP contribution in [-0.4, -0.2) is 20.8 Å². The van der Waals surface area contributed by atoms with Gasteiger partial charge < -0.3 is 5.32 Å². The van der Waals surface area contributed by atoms with Crippen LogP contribution < -0.4 is 5.32 Å². The number of benzene rings is 1. The normalized spacial score (nSPS) is 11.4. The van der Waals surface area contributed by atoms with Crippen LogP contribution in [0.2, 0.25) is 0 Å². The van der Waals surface area contributed by atoms with Crippen LogP contribution in [-0.2, 0) is 11.8 Å². The van der Waals surface area contributed by atoms with Crippen LogP contribution in [0, 0.1) is 0 Å². The Bertz CT molecular complexity index is 617. The fourth-order valence-corrected chi connectivity index (χ4v) is 3.11. The molecule has 21 heavy (non-hydrogen) atoms. The first-order valence-electron chi connectivity index (χ1n) is 6.71. The Kier molecular flexibility index (Phi) is 5.11.